The molecular formula is C26H22N2O4. The van der Waals surface area contributed by atoms with Crippen molar-refractivity contribution in [2.75, 3.05) is 12.1 Å². The second kappa shape index (κ2) is 7.89. The normalized spacial score (nSPS) is 15.0. The van der Waals surface area contributed by atoms with Crippen molar-refractivity contribution in [2.45, 2.75) is 20.4 Å². The maximum atomic E-state index is 13.5. The number of nitrogens with zero attached hydrogens (tertiary/aromatic N) is 1. The standard InChI is InChI=1S/C26H22N2O4/c1-16-7-10-19(11-8-16)23-24(27-20-6-4-3-5-17(20)2)26(30)28(25(23)29)14-18-9-12-21-22(13-18)32-15-31-21/h3-13,27H,14-15H2,1-2H3. The number of amides is 2. The highest BCUT2D eigenvalue weighted by molar-refractivity contribution is 6.36. The van der Waals surface area contributed by atoms with Gasteiger partial charge in [-0.25, -0.2) is 0 Å². The zero-order valence-corrected chi connectivity index (χ0v) is 17.8. The van der Waals surface area contributed by atoms with Crippen molar-refractivity contribution < 1.29 is 19.1 Å². The number of ether oxygens (including phenoxy) is 2. The van der Waals surface area contributed by atoms with Crippen molar-refractivity contribution in [1.29, 1.82) is 0 Å². The number of benzene rings is 3. The van der Waals surface area contributed by atoms with Gasteiger partial charge in [-0.05, 0) is 48.7 Å². The van der Waals surface area contributed by atoms with Gasteiger partial charge in [0, 0.05) is 5.69 Å². The molecule has 0 aliphatic carbocycles. The maximum absolute atomic E-state index is 13.5. The largest absolute Gasteiger partial charge is 0.454 e. The van der Waals surface area contributed by atoms with Gasteiger partial charge >= 0.3 is 0 Å². The van der Waals surface area contributed by atoms with Gasteiger partial charge in [-0.1, -0.05) is 54.1 Å². The summed E-state index contributed by atoms with van der Waals surface area (Å²) < 4.78 is 10.8. The number of aryl methyl sites for hydroxylation is 2. The molecule has 3 aromatic rings. The Bertz CT molecular complexity index is 1260. The fourth-order valence-electron chi connectivity index (χ4n) is 3.89. The quantitative estimate of drug-likeness (QED) is 0.612. The van der Waals surface area contributed by atoms with E-state index >= 15 is 0 Å². The van der Waals surface area contributed by atoms with Gasteiger partial charge in [0.1, 0.15) is 5.70 Å². The summed E-state index contributed by atoms with van der Waals surface area (Å²) in [7, 11) is 0. The highest BCUT2D eigenvalue weighted by atomic mass is 16.7. The van der Waals surface area contributed by atoms with E-state index in [4.69, 9.17) is 9.47 Å². The van der Waals surface area contributed by atoms with E-state index in [0.717, 1.165) is 22.4 Å². The average molecular weight is 426 g/mol. The average Bonchev–Trinajstić information content (AvgIpc) is 3.34. The highest BCUT2D eigenvalue weighted by Crippen LogP contribution is 2.35. The summed E-state index contributed by atoms with van der Waals surface area (Å²) in [5.74, 6) is 0.596. The molecule has 32 heavy (non-hydrogen) atoms. The smallest absolute Gasteiger partial charge is 0.278 e. The number of imide groups is 1. The van der Waals surface area contributed by atoms with E-state index < -0.39 is 0 Å². The Morgan fingerprint density at radius 3 is 2.41 bits per heavy atom. The van der Waals surface area contributed by atoms with E-state index in [1.54, 1.807) is 12.1 Å². The summed E-state index contributed by atoms with van der Waals surface area (Å²) >= 11 is 0. The van der Waals surface area contributed by atoms with Crippen LogP contribution in [0.3, 0.4) is 0 Å². The van der Waals surface area contributed by atoms with E-state index in [1.807, 2.05) is 68.4 Å². The molecule has 2 heterocycles. The molecule has 0 aromatic heterocycles. The summed E-state index contributed by atoms with van der Waals surface area (Å²) in [5.41, 5.74) is 5.01. The lowest BCUT2D eigenvalue weighted by atomic mass is 10.0. The second-order valence-corrected chi connectivity index (χ2v) is 7.94. The number of para-hydroxylation sites is 1. The van der Waals surface area contributed by atoms with Crippen LogP contribution in [0.2, 0.25) is 0 Å². The number of nitrogens with one attached hydrogen (secondary N) is 1. The SMILES string of the molecule is Cc1ccc(C2=C(Nc3ccccc3C)C(=O)N(Cc3ccc4c(c3)OCO4)C2=O)cc1. The molecule has 160 valence electrons. The molecule has 2 amide bonds. The Morgan fingerprint density at radius 1 is 0.875 bits per heavy atom. The van der Waals surface area contributed by atoms with E-state index in [1.165, 1.54) is 4.90 Å². The highest BCUT2D eigenvalue weighted by Gasteiger charge is 2.39. The van der Waals surface area contributed by atoms with Crippen LogP contribution in [0.4, 0.5) is 5.69 Å². The first-order valence-corrected chi connectivity index (χ1v) is 10.4. The molecule has 5 rings (SSSR count). The van der Waals surface area contributed by atoms with Crippen molar-refractivity contribution in [1.82, 2.24) is 4.90 Å². The molecule has 2 aliphatic heterocycles. The van der Waals surface area contributed by atoms with Crippen LogP contribution in [0.25, 0.3) is 5.57 Å². The number of hydrogen-bond donors (Lipinski definition) is 1. The van der Waals surface area contributed by atoms with Gasteiger partial charge in [0.15, 0.2) is 11.5 Å². The maximum Gasteiger partial charge on any atom is 0.278 e. The topological polar surface area (TPSA) is 67.9 Å². The summed E-state index contributed by atoms with van der Waals surface area (Å²) in [4.78, 5) is 28.2. The first-order valence-electron chi connectivity index (χ1n) is 10.4. The number of carbonyl (C=O) groups excluding carboxylic acids is 2. The molecule has 0 saturated carbocycles. The molecule has 0 spiro atoms. The summed E-state index contributed by atoms with van der Waals surface area (Å²) in [5, 5.41) is 3.23. The van der Waals surface area contributed by atoms with E-state index in [0.29, 0.717) is 22.6 Å². The molecule has 0 radical (unpaired) electrons. The first-order chi connectivity index (χ1) is 15.5. The van der Waals surface area contributed by atoms with Crippen LogP contribution in [0.5, 0.6) is 11.5 Å². The van der Waals surface area contributed by atoms with Crippen molar-refractivity contribution in [3.8, 4) is 11.5 Å². The van der Waals surface area contributed by atoms with Gasteiger partial charge in [0.25, 0.3) is 11.8 Å². The van der Waals surface area contributed by atoms with Crippen LogP contribution >= 0.6 is 0 Å². The van der Waals surface area contributed by atoms with Crippen LogP contribution < -0.4 is 14.8 Å². The van der Waals surface area contributed by atoms with Crippen LogP contribution in [-0.2, 0) is 16.1 Å². The van der Waals surface area contributed by atoms with Gasteiger partial charge in [-0.2, -0.15) is 0 Å². The number of anilines is 1. The molecule has 0 atom stereocenters. The van der Waals surface area contributed by atoms with E-state index in [-0.39, 0.29) is 30.8 Å². The van der Waals surface area contributed by atoms with E-state index in [2.05, 4.69) is 5.32 Å². The van der Waals surface area contributed by atoms with Crippen LogP contribution in [0.15, 0.2) is 72.4 Å². The fourth-order valence-corrected chi connectivity index (χ4v) is 3.89. The monoisotopic (exact) mass is 426 g/mol. The molecular weight excluding hydrogens is 404 g/mol. The molecule has 0 saturated heterocycles. The third-order valence-corrected chi connectivity index (χ3v) is 5.69. The van der Waals surface area contributed by atoms with Crippen molar-refractivity contribution in [3.63, 3.8) is 0 Å². The molecule has 3 aromatic carbocycles. The van der Waals surface area contributed by atoms with Crippen LogP contribution in [0, 0.1) is 13.8 Å². The third-order valence-electron chi connectivity index (χ3n) is 5.69. The minimum Gasteiger partial charge on any atom is -0.454 e. The molecule has 6 heteroatoms. The van der Waals surface area contributed by atoms with Crippen LogP contribution in [0.1, 0.15) is 22.3 Å². The minimum absolute atomic E-state index is 0.141. The molecule has 0 bridgehead atoms. The Kier molecular flexibility index (Phi) is 4.90. The number of carbonyl (C=O) groups is 2. The summed E-state index contributed by atoms with van der Waals surface area (Å²) in [6.07, 6.45) is 0. The predicted octanol–water partition coefficient (Wildman–Crippen LogP) is 4.42. The van der Waals surface area contributed by atoms with Crippen molar-refractivity contribution in [3.05, 3.63) is 94.7 Å². The number of hydrogen-bond acceptors (Lipinski definition) is 5. The Morgan fingerprint density at radius 2 is 1.62 bits per heavy atom. The molecule has 6 nitrogen and oxygen atoms in total. The molecule has 1 N–H and O–H groups in total. The summed E-state index contributed by atoms with van der Waals surface area (Å²) in [6, 6.07) is 20.7. The van der Waals surface area contributed by atoms with Gasteiger partial charge < -0.3 is 14.8 Å². The van der Waals surface area contributed by atoms with Gasteiger partial charge in [0.2, 0.25) is 6.79 Å². The van der Waals surface area contributed by atoms with E-state index in [9.17, 15) is 9.59 Å². The lowest BCUT2D eigenvalue weighted by Gasteiger charge is -2.16. The predicted molar refractivity (Wildman–Crippen MR) is 121 cm³/mol. The minimum atomic E-state index is -0.355. The second-order valence-electron chi connectivity index (χ2n) is 7.94. The molecule has 0 unspecified atom stereocenters. The Labute approximate surface area is 186 Å². The van der Waals surface area contributed by atoms with Crippen molar-refractivity contribution in [2.24, 2.45) is 0 Å². The Hall–Kier alpha value is -4.06. The number of fused-ring (bicyclic) bond motifs is 1. The number of rotatable bonds is 5. The lowest BCUT2D eigenvalue weighted by Crippen LogP contribution is -2.32. The van der Waals surface area contributed by atoms with Gasteiger partial charge in [-0.15, -0.1) is 0 Å². The zero-order valence-electron chi connectivity index (χ0n) is 17.8. The molecule has 2 aliphatic rings. The van der Waals surface area contributed by atoms with Gasteiger partial charge in [-0.3, -0.25) is 14.5 Å². The zero-order chi connectivity index (χ0) is 22.2. The van der Waals surface area contributed by atoms with Crippen LogP contribution in [-0.4, -0.2) is 23.5 Å². The van der Waals surface area contributed by atoms with Crippen molar-refractivity contribution >= 4 is 23.1 Å². The summed E-state index contributed by atoms with van der Waals surface area (Å²) in [6.45, 7) is 4.25. The molecule has 0 fully saturated rings. The lowest BCUT2D eigenvalue weighted by molar-refractivity contribution is -0.137. The fraction of sp³-hybridized carbons (Fsp3) is 0.154. The Balaban J connectivity index is 1.52. The first kappa shape index (κ1) is 19.9. The van der Waals surface area contributed by atoms with Gasteiger partial charge in [0.05, 0.1) is 12.1 Å². The third kappa shape index (κ3) is 3.50.